The van der Waals surface area contributed by atoms with Gasteiger partial charge in [-0.2, -0.15) is 0 Å². The van der Waals surface area contributed by atoms with Gasteiger partial charge in [-0.05, 0) is 18.6 Å². The van der Waals surface area contributed by atoms with Crippen molar-refractivity contribution in [2.24, 2.45) is 0 Å². The van der Waals surface area contributed by atoms with Gasteiger partial charge in [0.15, 0.2) is 0 Å². The summed E-state index contributed by atoms with van der Waals surface area (Å²) in [5.74, 6) is 0. The van der Waals surface area contributed by atoms with Gasteiger partial charge < -0.3 is 4.90 Å². The number of fused-ring (bicyclic) bond motifs is 1. The molecule has 0 amide bonds. The summed E-state index contributed by atoms with van der Waals surface area (Å²) in [6.45, 7) is 2.69. The van der Waals surface area contributed by atoms with E-state index >= 15 is 0 Å². The van der Waals surface area contributed by atoms with Gasteiger partial charge >= 0.3 is 0 Å². The van der Waals surface area contributed by atoms with Crippen LogP contribution in [0.4, 0.5) is 5.69 Å². The largest absolute Gasteiger partial charge is 0.374 e. The Bertz CT molecular complexity index is 452. The summed E-state index contributed by atoms with van der Waals surface area (Å²) < 4.78 is 0. The van der Waals surface area contributed by atoms with Crippen LogP contribution in [0.1, 0.15) is 18.1 Å². The minimum atomic E-state index is -0.325. The van der Waals surface area contributed by atoms with E-state index in [1.807, 2.05) is 26.1 Å². The average molecular weight is 204 g/mol. The second-order valence-corrected chi connectivity index (χ2v) is 3.75. The molecule has 0 saturated carbocycles. The first-order chi connectivity index (χ1) is 7.09. The zero-order valence-corrected chi connectivity index (χ0v) is 8.73. The maximum atomic E-state index is 10.8. The molecule has 1 aromatic carbocycles. The molecule has 15 heavy (non-hydrogen) atoms. The van der Waals surface area contributed by atoms with E-state index in [1.54, 1.807) is 12.1 Å². The molecule has 0 saturated heterocycles. The second-order valence-electron chi connectivity index (χ2n) is 3.75. The molecule has 78 valence electrons. The summed E-state index contributed by atoms with van der Waals surface area (Å²) in [7, 11) is 1.98. The summed E-state index contributed by atoms with van der Waals surface area (Å²) in [4.78, 5) is 12.6. The highest BCUT2D eigenvalue weighted by atomic mass is 16.6. The molecule has 0 N–H and O–H groups in total. The Morgan fingerprint density at radius 1 is 1.47 bits per heavy atom. The van der Waals surface area contributed by atoms with E-state index in [1.165, 1.54) is 0 Å². The Balaban J connectivity index is 2.60. The van der Waals surface area contributed by atoms with Crippen LogP contribution in [0.3, 0.4) is 0 Å². The van der Waals surface area contributed by atoms with E-state index in [0.717, 1.165) is 23.4 Å². The van der Waals surface area contributed by atoms with Crippen LogP contribution in [0.5, 0.6) is 0 Å². The summed E-state index contributed by atoms with van der Waals surface area (Å²) in [5.41, 5.74) is 3.01. The standard InChI is InChI=1S/C11H12N2O2/c1-8-6-10-9(7-12(8)2)4-3-5-11(10)13(14)15/h3-6H,7H2,1-2H3. The number of allylic oxidation sites excluding steroid dienone is 1. The van der Waals surface area contributed by atoms with Crippen molar-refractivity contribution in [3.63, 3.8) is 0 Å². The van der Waals surface area contributed by atoms with Crippen molar-refractivity contribution >= 4 is 11.8 Å². The minimum Gasteiger partial charge on any atom is -0.374 e. The van der Waals surface area contributed by atoms with Gasteiger partial charge in [0, 0.05) is 25.4 Å². The van der Waals surface area contributed by atoms with E-state index < -0.39 is 0 Å². The predicted molar refractivity (Wildman–Crippen MR) is 58.2 cm³/mol. The van der Waals surface area contributed by atoms with Crippen molar-refractivity contribution in [3.05, 3.63) is 45.1 Å². The highest BCUT2D eigenvalue weighted by molar-refractivity contribution is 5.67. The van der Waals surface area contributed by atoms with Crippen LogP contribution >= 0.6 is 0 Å². The molecule has 0 fully saturated rings. The SMILES string of the molecule is CC1=Cc2c(cccc2[N+](=O)[O-])CN1C. The number of nitrogens with zero attached hydrogens (tertiary/aromatic N) is 2. The highest BCUT2D eigenvalue weighted by Gasteiger charge is 2.20. The van der Waals surface area contributed by atoms with Crippen molar-refractivity contribution in [2.45, 2.75) is 13.5 Å². The molecule has 0 aromatic heterocycles. The van der Waals surface area contributed by atoms with Crippen molar-refractivity contribution < 1.29 is 4.92 Å². The maximum Gasteiger partial charge on any atom is 0.276 e. The Morgan fingerprint density at radius 3 is 2.87 bits per heavy atom. The van der Waals surface area contributed by atoms with Gasteiger partial charge in [0.1, 0.15) is 0 Å². The molecule has 0 unspecified atom stereocenters. The molecule has 2 rings (SSSR count). The lowest BCUT2D eigenvalue weighted by Crippen LogP contribution is -2.19. The minimum absolute atomic E-state index is 0.194. The van der Waals surface area contributed by atoms with Crippen LogP contribution < -0.4 is 0 Å². The van der Waals surface area contributed by atoms with Crippen LogP contribution in [0.2, 0.25) is 0 Å². The van der Waals surface area contributed by atoms with Gasteiger partial charge in [0.2, 0.25) is 0 Å². The number of benzene rings is 1. The summed E-state index contributed by atoms with van der Waals surface area (Å²) in [6, 6.07) is 5.22. The molecule has 0 radical (unpaired) electrons. The fourth-order valence-electron chi connectivity index (χ4n) is 1.76. The van der Waals surface area contributed by atoms with E-state index in [2.05, 4.69) is 4.90 Å². The molecule has 0 bridgehead atoms. The lowest BCUT2D eigenvalue weighted by Gasteiger charge is -2.25. The predicted octanol–water partition coefficient (Wildman–Crippen LogP) is 2.40. The van der Waals surface area contributed by atoms with Gasteiger partial charge in [0.25, 0.3) is 5.69 Å². The first kappa shape index (κ1) is 9.71. The molecule has 4 nitrogen and oxygen atoms in total. The molecule has 0 aliphatic carbocycles. The van der Waals surface area contributed by atoms with Crippen LogP contribution in [0.25, 0.3) is 6.08 Å². The smallest absolute Gasteiger partial charge is 0.276 e. The Kier molecular flexibility index (Phi) is 2.19. The zero-order chi connectivity index (χ0) is 11.0. The molecule has 0 atom stereocenters. The van der Waals surface area contributed by atoms with E-state index in [9.17, 15) is 10.1 Å². The van der Waals surface area contributed by atoms with Crippen LogP contribution in [0.15, 0.2) is 23.9 Å². The number of hydrogen-bond acceptors (Lipinski definition) is 3. The molecular formula is C11H12N2O2. The maximum absolute atomic E-state index is 10.8. The Morgan fingerprint density at radius 2 is 2.20 bits per heavy atom. The fraction of sp³-hybridized carbons (Fsp3) is 0.273. The third-order valence-electron chi connectivity index (χ3n) is 2.73. The van der Waals surface area contributed by atoms with Gasteiger partial charge in [-0.25, -0.2) is 0 Å². The third-order valence-corrected chi connectivity index (χ3v) is 2.73. The van der Waals surface area contributed by atoms with E-state index in [0.29, 0.717) is 0 Å². The normalized spacial score (nSPS) is 14.5. The second kappa shape index (κ2) is 3.38. The van der Waals surface area contributed by atoms with Gasteiger partial charge in [-0.15, -0.1) is 0 Å². The Hall–Kier alpha value is -1.84. The number of rotatable bonds is 1. The third kappa shape index (κ3) is 1.58. The number of nitro groups is 1. The van der Waals surface area contributed by atoms with Gasteiger partial charge in [-0.3, -0.25) is 10.1 Å². The summed E-state index contributed by atoms with van der Waals surface area (Å²) in [6.07, 6.45) is 1.87. The number of nitro benzene ring substituents is 1. The molecule has 1 aliphatic heterocycles. The zero-order valence-electron chi connectivity index (χ0n) is 8.73. The van der Waals surface area contributed by atoms with Gasteiger partial charge in [0.05, 0.1) is 10.5 Å². The average Bonchev–Trinajstić information content (AvgIpc) is 2.18. The first-order valence-corrected chi connectivity index (χ1v) is 4.75. The first-order valence-electron chi connectivity index (χ1n) is 4.75. The van der Waals surface area contributed by atoms with Crippen molar-refractivity contribution in [1.82, 2.24) is 4.90 Å². The lowest BCUT2D eigenvalue weighted by molar-refractivity contribution is -0.385. The number of hydrogen-bond donors (Lipinski definition) is 0. The monoisotopic (exact) mass is 204 g/mol. The molecule has 1 aliphatic rings. The van der Waals surface area contributed by atoms with Gasteiger partial charge in [-0.1, -0.05) is 12.1 Å². The van der Waals surface area contributed by atoms with Crippen LogP contribution in [-0.2, 0) is 6.54 Å². The summed E-state index contributed by atoms with van der Waals surface area (Å²) >= 11 is 0. The molecule has 1 heterocycles. The lowest BCUT2D eigenvalue weighted by atomic mass is 10.0. The van der Waals surface area contributed by atoms with Crippen molar-refractivity contribution in [2.75, 3.05) is 7.05 Å². The van der Waals surface area contributed by atoms with E-state index in [4.69, 9.17) is 0 Å². The quantitative estimate of drug-likeness (QED) is 0.521. The van der Waals surface area contributed by atoms with Crippen LogP contribution in [-0.4, -0.2) is 16.9 Å². The fourth-order valence-corrected chi connectivity index (χ4v) is 1.76. The highest BCUT2D eigenvalue weighted by Crippen LogP contribution is 2.30. The van der Waals surface area contributed by atoms with Crippen LogP contribution in [0, 0.1) is 10.1 Å². The topological polar surface area (TPSA) is 46.4 Å². The van der Waals surface area contributed by atoms with Crippen molar-refractivity contribution in [1.29, 1.82) is 0 Å². The molecule has 0 spiro atoms. The summed E-state index contributed by atoms with van der Waals surface area (Å²) in [5, 5.41) is 10.8. The Labute approximate surface area is 88.0 Å². The van der Waals surface area contributed by atoms with Crippen molar-refractivity contribution in [3.8, 4) is 0 Å². The molecular weight excluding hydrogens is 192 g/mol. The molecule has 4 heteroatoms. The van der Waals surface area contributed by atoms with E-state index in [-0.39, 0.29) is 10.6 Å². The molecule has 1 aromatic rings.